The number of carboxylic acid groups (broad SMARTS) is 1. The topological polar surface area (TPSA) is 108 Å². The lowest BCUT2D eigenvalue weighted by atomic mass is 10.2. The second-order valence-corrected chi connectivity index (χ2v) is 4.97. The molecule has 1 aromatic carbocycles. The van der Waals surface area contributed by atoms with E-state index < -0.39 is 11.9 Å². The van der Waals surface area contributed by atoms with E-state index in [2.05, 4.69) is 15.6 Å². The van der Waals surface area contributed by atoms with Gasteiger partial charge in [-0.15, -0.1) is 0 Å². The monoisotopic (exact) mass is 333 g/mol. The summed E-state index contributed by atoms with van der Waals surface area (Å²) in [6, 6.07) is 7.01. The number of halogens is 1. The van der Waals surface area contributed by atoms with Crippen LogP contribution in [-0.2, 0) is 4.79 Å². The molecule has 0 radical (unpaired) electrons. The number of amides is 2. The number of anilines is 2. The number of rotatable bonds is 4. The average Bonchev–Trinajstić information content (AvgIpc) is 2.48. The van der Waals surface area contributed by atoms with Gasteiger partial charge in [0.25, 0.3) is 5.91 Å². The highest BCUT2D eigenvalue weighted by Crippen LogP contribution is 2.21. The zero-order chi connectivity index (χ0) is 17.0. The van der Waals surface area contributed by atoms with Crippen molar-refractivity contribution in [3.63, 3.8) is 0 Å². The van der Waals surface area contributed by atoms with E-state index in [-0.39, 0.29) is 33.6 Å². The van der Waals surface area contributed by atoms with Crippen molar-refractivity contribution in [1.82, 2.24) is 4.98 Å². The van der Waals surface area contributed by atoms with Crippen LogP contribution in [0.4, 0.5) is 11.5 Å². The minimum Gasteiger partial charge on any atom is -0.478 e. The predicted octanol–water partition coefficient (Wildman–Crippen LogP) is 2.64. The number of benzene rings is 1. The van der Waals surface area contributed by atoms with Gasteiger partial charge in [-0.3, -0.25) is 9.59 Å². The van der Waals surface area contributed by atoms with E-state index in [0.717, 1.165) is 0 Å². The first kappa shape index (κ1) is 16.4. The van der Waals surface area contributed by atoms with Crippen molar-refractivity contribution in [1.29, 1.82) is 0 Å². The van der Waals surface area contributed by atoms with Crippen LogP contribution in [0.3, 0.4) is 0 Å². The maximum absolute atomic E-state index is 12.2. The molecule has 118 valence electrons. The van der Waals surface area contributed by atoms with Crippen LogP contribution in [0.1, 0.15) is 27.6 Å². The minimum absolute atomic E-state index is 0.0763. The summed E-state index contributed by atoms with van der Waals surface area (Å²) < 4.78 is 0. The first-order chi connectivity index (χ1) is 10.9. The molecular formula is C15H12ClN3O4. The number of hydrogen-bond acceptors (Lipinski definition) is 4. The molecule has 23 heavy (non-hydrogen) atoms. The molecule has 7 nitrogen and oxygen atoms in total. The smallest absolute Gasteiger partial charge is 0.337 e. The number of carboxylic acids is 1. The first-order valence-corrected chi connectivity index (χ1v) is 6.82. The number of carbonyl (C=O) groups is 3. The quantitative estimate of drug-likeness (QED) is 0.797. The number of nitrogens with one attached hydrogen (secondary N) is 2. The van der Waals surface area contributed by atoms with Gasteiger partial charge in [0.2, 0.25) is 5.91 Å². The van der Waals surface area contributed by atoms with Crippen molar-refractivity contribution in [2.45, 2.75) is 6.92 Å². The van der Waals surface area contributed by atoms with E-state index >= 15 is 0 Å². The third kappa shape index (κ3) is 4.27. The van der Waals surface area contributed by atoms with Crippen LogP contribution < -0.4 is 10.6 Å². The Kier molecular flexibility index (Phi) is 4.92. The van der Waals surface area contributed by atoms with Crippen LogP contribution in [0.25, 0.3) is 0 Å². The standard InChI is InChI=1S/C15H12ClN3O4/c1-8(20)18-13-6-9(4-5-17-13)14(21)19-10-2-3-12(16)11(7-10)15(22)23/h2-7H,1H3,(H,19,21)(H,22,23)(H,17,18,20). The normalized spacial score (nSPS) is 10.0. The molecule has 2 rings (SSSR count). The summed E-state index contributed by atoms with van der Waals surface area (Å²) in [6.07, 6.45) is 1.38. The first-order valence-electron chi connectivity index (χ1n) is 6.44. The van der Waals surface area contributed by atoms with Gasteiger partial charge in [-0.1, -0.05) is 11.6 Å². The van der Waals surface area contributed by atoms with Crippen LogP contribution in [0.5, 0.6) is 0 Å². The number of pyridine rings is 1. The maximum atomic E-state index is 12.2. The Balaban J connectivity index is 2.21. The largest absolute Gasteiger partial charge is 0.478 e. The number of aromatic nitrogens is 1. The number of aromatic carboxylic acids is 1. The maximum Gasteiger partial charge on any atom is 0.337 e. The zero-order valence-electron chi connectivity index (χ0n) is 12.0. The summed E-state index contributed by atoms with van der Waals surface area (Å²) in [5.41, 5.74) is 0.434. The lowest BCUT2D eigenvalue weighted by Crippen LogP contribution is -2.14. The molecule has 0 aliphatic carbocycles. The van der Waals surface area contributed by atoms with Gasteiger partial charge in [-0.2, -0.15) is 0 Å². The van der Waals surface area contributed by atoms with Crippen LogP contribution >= 0.6 is 11.6 Å². The lowest BCUT2D eigenvalue weighted by molar-refractivity contribution is -0.114. The Morgan fingerprint density at radius 3 is 2.52 bits per heavy atom. The molecule has 2 aromatic rings. The third-order valence-corrected chi connectivity index (χ3v) is 3.11. The molecule has 0 unspecified atom stereocenters. The molecule has 0 saturated heterocycles. The van der Waals surface area contributed by atoms with Crippen molar-refractivity contribution < 1.29 is 19.5 Å². The Bertz CT molecular complexity index is 792. The molecule has 1 aromatic heterocycles. The summed E-state index contributed by atoms with van der Waals surface area (Å²) in [5, 5.41) is 14.1. The van der Waals surface area contributed by atoms with Crippen molar-refractivity contribution in [3.8, 4) is 0 Å². The Morgan fingerprint density at radius 2 is 1.87 bits per heavy atom. The molecule has 1 heterocycles. The second-order valence-electron chi connectivity index (χ2n) is 4.56. The number of hydrogen-bond donors (Lipinski definition) is 3. The van der Waals surface area contributed by atoms with Gasteiger partial charge < -0.3 is 15.7 Å². The average molecular weight is 334 g/mol. The Labute approximate surface area is 136 Å². The van der Waals surface area contributed by atoms with Crippen molar-refractivity contribution >= 4 is 40.9 Å². The Hall–Kier alpha value is -2.93. The van der Waals surface area contributed by atoms with Crippen molar-refractivity contribution in [2.24, 2.45) is 0 Å². The third-order valence-electron chi connectivity index (χ3n) is 2.78. The van der Waals surface area contributed by atoms with Gasteiger partial charge in [0.05, 0.1) is 10.6 Å². The van der Waals surface area contributed by atoms with E-state index in [1.54, 1.807) is 0 Å². The fraction of sp³-hybridized carbons (Fsp3) is 0.0667. The molecule has 0 aliphatic rings. The van der Waals surface area contributed by atoms with Crippen molar-refractivity contribution in [3.05, 3.63) is 52.7 Å². The predicted molar refractivity (Wildman–Crippen MR) is 84.9 cm³/mol. The van der Waals surface area contributed by atoms with Crippen LogP contribution in [0, 0.1) is 0 Å². The SMILES string of the molecule is CC(=O)Nc1cc(C(=O)Nc2ccc(Cl)c(C(=O)O)c2)ccn1. The summed E-state index contributed by atoms with van der Waals surface area (Å²) in [4.78, 5) is 38.1. The van der Waals surface area contributed by atoms with E-state index in [9.17, 15) is 14.4 Å². The molecule has 0 aliphatic heterocycles. The molecule has 3 N–H and O–H groups in total. The Morgan fingerprint density at radius 1 is 1.13 bits per heavy atom. The zero-order valence-corrected chi connectivity index (χ0v) is 12.7. The highest BCUT2D eigenvalue weighted by molar-refractivity contribution is 6.33. The molecular weight excluding hydrogens is 322 g/mol. The van der Waals surface area contributed by atoms with E-state index in [1.807, 2.05) is 0 Å². The minimum atomic E-state index is -1.19. The van der Waals surface area contributed by atoms with E-state index in [1.165, 1.54) is 43.5 Å². The van der Waals surface area contributed by atoms with Crippen LogP contribution in [0.2, 0.25) is 5.02 Å². The summed E-state index contributed by atoms with van der Waals surface area (Å²) >= 11 is 5.77. The fourth-order valence-electron chi connectivity index (χ4n) is 1.79. The van der Waals surface area contributed by atoms with Gasteiger partial charge in [0, 0.05) is 24.4 Å². The van der Waals surface area contributed by atoms with Crippen LogP contribution in [-0.4, -0.2) is 27.9 Å². The van der Waals surface area contributed by atoms with Gasteiger partial charge in [0.15, 0.2) is 0 Å². The van der Waals surface area contributed by atoms with Gasteiger partial charge >= 0.3 is 5.97 Å². The molecule has 0 atom stereocenters. The summed E-state index contributed by atoms with van der Waals surface area (Å²) in [5.74, 6) is -1.73. The van der Waals surface area contributed by atoms with Crippen LogP contribution in [0.15, 0.2) is 36.5 Å². The molecule has 0 fully saturated rings. The lowest BCUT2D eigenvalue weighted by Gasteiger charge is -2.08. The summed E-state index contributed by atoms with van der Waals surface area (Å²) in [7, 11) is 0. The second kappa shape index (κ2) is 6.89. The van der Waals surface area contributed by atoms with E-state index in [4.69, 9.17) is 16.7 Å². The number of carbonyl (C=O) groups excluding carboxylic acids is 2. The van der Waals surface area contributed by atoms with Crippen molar-refractivity contribution in [2.75, 3.05) is 10.6 Å². The molecule has 0 saturated carbocycles. The van der Waals surface area contributed by atoms with Gasteiger partial charge in [0.1, 0.15) is 5.82 Å². The van der Waals surface area contributed by atoms with Gasteiger partial charge in [-0.05, 0) is 30.3 Å². The molecule has 8 heteroatoms. The molecule has 0 spiro atoms. The molecule has 0 bridgehead atoms. The van der Waals surface area contributed by atoms with Gasteiger partial charge in [-0.25, -0.2) is 9.78 Å². The summed E-state index contributed by atoms with van der Waals surface area (Å²) in [6.45, 7) is 1.33. The highest BCUT2D eigenvalue weighted by atomic mass is 35.5. The van der Waals surface area contributed by atoms with E-state index in [0.29, 0.717) is 0 Å². The highest BCUT2D eigenvalue weighted by Gasteiger charge is 2.12. The fourth-order valence-corrected chi connectivity index (χ4v) is 1.99. The number of nitrogens with zero attached hydrogens (tertiary/aromatic N) is 1. The molecule has 2 amide bonds.